The minimum absolute atomic E-state index is 0.0334. The van der Waals surface area contributed by atoms with Crippen LogP contribution in [-0.4, -0.2) is 69.5 Å². The van der Waals surface area contributed by atoms with E-state index in [2.05, 4.69) is 27.2 Å². The molecule has 2 aliphatic rings. The molecule has 0 aromatic heterocycles. The fourth-order valence-electron chi connectivity index (χ4n) is 2.95. The van der Waals surface area contributed by atoms with Gasteiger partial charge in [0.1, 0.15) is 0 Å². The Kier molecular flexibility index (Phi) is 5.48. The van der Waals surface area contributed by atoms with E-state index in [4.69, 9.17) is 9.47 Å². The van der Waals surface area contributed by atoms with Crippen LogP contribution in [0.15, 0.2) is 24.3 Å². The number of hydrogen-bond donors (Lipinski definition) is 1. The molecule has 1 aromatic carbocycles. The van der Waals surface area contributed by atoms with Gasteiger partial charge in [0.2, 0.25) is 5.91 Å². The molecule has 0 spiro atoms. The molecular formula is C17H25N3O3. The SMILES string of the molecule is CC(C(=O)Nc1ccc(N2CCOCC2)cc1)N1CCOCC1. The van der Waals surface area contributed by atoms with E-state index in [0.29, 0.717) is 13.2 Å². The van der Waals surface area contributed by atoms with Crippen molar-refractivity contribution >= 4 is 17.3 Å². The van der Waals surface area contributed by atoms with E-state index in [-0.39, 0.29) is 11.9 Å². The van der Waals surface area contributed by atoms with Crippen molar-refractivity contribution in [2.24, 2.45) is 0 Å². The van der Waals surface area contributed by atoms with Gasteiger partial charge in [-0.15, -0.1) is 0 Å². The summed E-state index contributed by atoms with van der Waals surface area (Å²) in [5.74, 6) is 0.0334. The molecule has 2 heterocycles. The summed E-state index contributed by atoms with van der Waals surface area (Å²) in [5, 5.41) is 3.00. The first-order valence-electron chi connectivity index (χ1n) is 8.29. The summed E-state index contributed by atoms with van der Waals surface area (Å²) in [4.78, 5) is 16.8. The summed E-state index contributed by atoms with van der Waals surface area (Å²) < 4.78 is 10.7. The molecule has 2 saturated heterocycles. The highest BCUT2D eigenvalue weighted by Crippen LogP contribution is 2.19. The van der Waals surface area contributed by atoms with Crippen LogP contribution in [0.2, 0.25) is 0 Å². The van der Waals surface area contributed by atoms with E-state index >= 15 is 0 Å². The van der Waals surface area contributed by atoms with Gasteiger partial charge in [-0.3, -0.25) is 9.69 Å². The van der Waals surface area contributed by atoms with Crippen molar-refractivity contribution < 1.29 is 14.3 Å². The molecule has 23 heavy (non-hydrogen) atoms. The van der Waals surface area contributed by atoms with Gasteiger partial charge in [-0.1, -0.05) is 0 Å². The molecule has 1 amide bonds. The molecule has 6 nitrogen and oxygen atoms in total. The third kappa shape index (κ3) is 4.22. The molecule has 1 atom stereocenters. The Labute approximate surface area is 137 Å². The van der Waals surface area contributed by atoms with Gasteiger partial charge in [-0.05, 0) is 31.2 Å². The van der Waals surface area contributed by atoms with E-state index in [0.717, 1.165) is 45.1 Å². The number of ether oxygens (including phenoxy) is 2. The van der Waals surface area contributed by atoms with Crippen molar-refractivity contribution in [3.05, 3.63) is 24.3 Å². The summed E-state index contributed by atoms with van der Waals surface area (Å²) in [6.45, 7) is 8.35. The second-order valence-corrected chi connectivity index (χ2v) is 5.96. The molecule has 2 fully saturated rings. The van der Waals surface area contributed by atoms with Gasteiger partial charge in [0.25, 0.3) is 0 Å². The monoisotopic (exact) mass is 319 g/mol. The highest BCUT2D eigenvalue weighted by atomic mass is 16.5. The average Bonchev–Trinajstić information content (AvgIpc) is 2.63. The maximum absolute atomic E-state index is 12.4. The zero-order chi connectivity index (χ0) is 16.1. The van der Waals surface area contributed by atoms with Crippen LogP contribution in [0, 0.1) is 0 Å². The first-order valence-corrected chi connectivity index (χ1v) is 8.29. The number of benzene rings is 1. The molecule has 1 N–H and O–H groups in total. The fourth-order valence-corrected chi connectivity index (χ4v) is 2.95. The minimum atomic E-state index is -0.141. The van der Waals surface area contributed by atoms with Crippen LogP contribution in [0.25, 0.3) is 0 Å². The average molecular weight is 319 g/mol. The van der Waals surface area contributed by atoms with Gasteiger partial charge in [0.15, 0.2) is 0 Å². The molecule has 6 heteroatoms. The zero-order valence-corrected chi connectivity index (χ0v) is 13.7. The summed E-state index contributed by atoms with van der Waals surface area (Å²) >= 11 is 0. The smallest absolute Gasteiger partial charge is 0.241 e. The normalized spacial score (nSPS) is 21.0. The van der Waals surface area contributed by atoms with Gasteiger partial charge in [0.05, 0.1) is 32.5 Å². The number of carbonyl (C=O) groups is 1. The molecule has 0 radical (unpaired) electrons. The lowest BCUT2D eigenvalue weighted by molar-refractivity contribution is -0.122. The van der Waals surface area contributed by atoms with Gasteiger partial charge >= 0.3 is 0 Å². The molecule has 126 valence electrons. The van der Waals surface area contributed by atoms with Crippen LogP contribution < -0.4 is 10.2 Å². The Bertz CT molecular complexity index is 508. The molecule has 0 saturated carbocycles. The highest BCUT2D eigenvalue weighted by Gasteiger charge is 2.23. The number of nitrogens with zero attached hydrogens (tertiary/aromatic N) is 2. The van der Waals surface area contributed by atoms with Crippen LogP contribution in [-0.2, 0) is 14.3 Å². The lowest BCUT2D eigenvalue weighted by Crippen LogP contribution is -2.47. The van der Waals surface area contributed by atoms with E-state index in [9.17, 15) is 4.79 Å². The molecule has 0 aliphatic carbocycles. The first kappa shape index (κ1) is 16.2. The largest absolute Gasteiger partial charge is 0.379 e. The number of amides is 1. The number of hydrogen-bond acceptors (Lipinski definition) is 5. The first-order chi connectivity index (χ1) is 11.2. The van der Waals surface area contributed by atoms with Crippen molar-refractivity contribution in [3.8, 4) is 0 Å². The maximum atomic E-state index is 12.4. The second kappa shape index (κ2) is 7.77. The van der Waals surface area contributed by atoms with Crippen molar-refractivity contribution in [2.75, 3.05) is 62.8 Å². The Morgan fingerprint density at radius 3 is 2.17 bits per heavy atom. The molecule has 3 rings (SSSR count). The Morgan fingerprint density at radius 2 is 1.57 bits per heavy atom. The predicted molar refractivity (Wildman–Crippen MR) is 90.0 cm³/mol. The number of rotatable bonds is 4. The second-order valence-electron chi connectivity index (χ2n) is 5.96. The minimum Gasteiger partial charge on any atom is -0.379 e. The number of carbonyl (C=O) groups excluding carboxylic acids is 1. The molecular weight excluding hydrogens is 294 g/mol. The third-order valence-electron chi connectivity index (χ3n) is 4.48. The fraction of sp³-hybridized carbons (Fsp3) is 0.588. The van der Waals surface area contributed by atoms with Crippen molar-refractivity contribution in [1.29, 1.82) is 0 Å². The van der Waals surface area contributed by atoms with Crippen LogP contribution in [0.5, 0.6) is 0 Å². The Balaban J connectivity index is 1.55. The number of anilines is 2. The van der Waals surface area contributed by atoms with E-state index in [1.165, 1.54) is 5.69 Å². The third-order valence-corrected chi connectivity index (χ3v) is 4.48. The molecule has 1 unspecified atom stereocenters. The lowest BCUT2D eigenvalue weighted by atomic mass is 10.2. The summed E-state index contributed by atoms with van der Waals surface area (Å²) in [7, 11) is 0. The van der Waals surface area contributed by atoms with Gasteiger partial charge in [-0.25, -0.2) is 0 Å². The standard InChI is InChI=1S/C17H25N3O3/c1-14(19-6-10-22-11-7-19)17(21)18-15-2-4-16(5-3-15)20-8-12-23-13-9-20/h2-5,14H,6-13H2,1H3,(H,18,21). The number of nitrogens with one attached hydrogen (secondary N) is 1. The van der Waals surface area contributed by atoms with Gasteiger partial charge in [0, 0.05) is 37.6 Å². The molecule has 1 aromatic rings. The summed E-state index contributed by atoms with van der Waals surface area (Å²) in [6.07, 6.45) is 0. The summed E-state index contributed by atoms with van der Waals surface area (Å²) in [6, 6.07) is 7.90. The van der Waals surface area contributed by atoms with Crippen molar-refractivity contribution in [1.82, 2.24) is 4.90 Å². The van der Waals surface area contributed by atoms with Crippen molar-refractivity contribution in [2.45, 2.75) is 13.0 Å². The van der Waals surface area contributed by atoms with E-state index in [1.807, 2.05) is 19.1 Å². The quantitative estimate of drug-likeness (QED) is 0.903. The highest BCUT2D eigenvalue weighted by molar-refractivity contribution is 5.94. The van der Waals surface area contributed by atoms with Crippen LogP contribution in [0.1, 0.15) is 6.92 Å². The van der Waals surface area contributed by atoms with Crippen LogP contribution >= 0.6 is 0 Å². The van der Waals surface area contributed by atoms with E-state index in [1.54, 1.807) is 0 Å². The topological polar surface area (TPSA) is 54.0 Å². The zero-order valence-electron chi connectivity index (χ0n) is 13.7. The van der Waals surface area contributed by atoms with Gasteiger partial charge < -0.3 is 19.7 Å². The van der Waals surface area contributed by atoms with E-state index < -0.39 is 0 Å². The predicted octanol–water partition coefficient (Wildman–Crippen LogP) is 1.18. The molecule has 2 aliphatic heterocycles. The Hall–Kier alpha value is -1.63. The lowest BCUT2D eigenvalue weighted by Gasteiger charge is -2.31. The van der Waals surface area contributed by atoms with Crippen LogP contribution in [0.3, 0.4) is 0 Å². The Morgan fingerprint density at radius 1 is 1.00 bits per heavy atom. The maximum Gasteiger partial charge on any atom is 0.241 e. The molecule has 0 bridgehead atoms. The summed E-state index contributed by atoms with van der Waals surface area (Å²) in [5.41, 5.74) is 2.01. The van der Waals surface area contributed by atoms with Gasteiger partial charge in [-0.2, -0.15) is 0 Å². The van der Waals surface area contributed by atoms with Crippen LogP contribution in [0.4, 0.5) is 11.4 Å². The van der Waals surface area contributed by atoms with Crippen molar-refractivity contribution in [3.63, 3.8) is 0 Å². The number of morpholine rings is 2.